The van der Waals surface area contributed by atoms with Gasteiger partial charge < -0.3 is 10.2 Å². The van der Waals surface area contributed by atoms with E-state index in [0.29, 0.717) is 17.3 Å². The Morgan fingerprint density at radius 2 is 1.91 bits per heavy atom. The fourth-order valence-electron chi connectivity index (χ4n) is 2.33. The van der Waals surface area contributed by atoms with Crippen LogP contribution in [0.2, 0.25) is 0 Å². The fraction of sp³-hybridized carbons (Fsp3) is 0.438. The maximum absolute atomic E-state index is 12.3. The second-order valence-corrected chi connectivity index (χ2v) is 5.70. The molecule has 0 aliphatic rings. The maximum atomic E-state index is 12.3. The molecule has 0 unspecified atom stereocenters. The van der Waals surface area contributed by atoms with Crippen molar-refractivity contribution in [2.24, 2.45) is 0 Å². The number of aryl methyl sites for hydroxylation is 1. The molecule has 0 fully saturated rings. The molecule has 23 heavy (non-hydrogen) atoms. The highest BCUT2D eigenvalue weighted by molar-refractivity contribution is 5.80. The number of rotatable bonds is 7. The predicted octanol–water partition coefficient (Wildman–Crippen LogP) is 0.148. The first-order chi connectivity index (χ1) is 11.0. The summed E-state index contributed by atoms with van der Waals surface area (Å²) in [6.07, 6.45) is 1.02. The lowest BCUT2D eigenvalue weighted by molar-refractivity contribution is -0.121. The minimum absolute atomic E-state index is 0.135. The number of hydrogen-bond acceptors (Lipinski definition) is 4. The first-order valence-electron chi connectivity index (χ1n) is 7.62. The summed E-state index contributed by atoms with van der Waals surface area (Å²) in [6.45, 7) is 1.65. The lowest BCUT2D eigenvalue weighted by Gasteiger charge is -2.10. The quantitative estimate of drug-likeness (QED) is 0.711. The van der Waals surface area contributed by atoms with Crippen LogP contribution in [0.1, 0.15) is 12.8 Å². The van der Waals surface area contributed by atoms with Gasteiger partial charge in [-0.1, -0.05) is 12.1 Å². The lowest BCUT2D eigenvalue weighted by atomic mass is 10.2. The van der Waals surface area contributed by atoms with Crippen molar-refractivity contribution in [3.63, 3.8) is 0 Å². The van der Waals surface area contributed by atoms with Crippen LogP contribution in [0.25, 0.3) is 10.8 Å². The molecule has 7 heteroatoms. The third kappa shape index (κ3) is 4.53. The molecule has 7 nitrogen and oxygen atoms in total. The van der Waals surface area contributed by atoms with Crippen molar-refractivity contribution in [3.8, 4) is 0 Å². The Kier molecular flexibility index (Phi) is 5.70. The van der Waals surface area contributed by atoms with Gasteiger partial charge >= 0.3 is 0 Å². The third-order valence-electron chi connectivity index (χ3n) is 3.55. The van der Waals surface area contributed by atoms with Crippen LogP contribution < -0.4 is 16.4 Å². The average molecular weight is 318 g/mol. The molecule has 0 aliphatic heterocycles. The van der Waals surface area contributed by atoms with E-state index in [4.69, 9.17) is 0 Å². The standard InChI is InChI=1S/C16H22N4O3/c1-19(2)10-5-9-17-14(21)8-11-20-16(23)13-7-4-3-6-12(13)15(22)18-20/h3-4,6-7H,5,8-11H2,1-2H3,(H,17,21)(H,18,22). The minimum atomic E-state index is -0.327. The largest absolute Gasteiger partial charge is 0.356 e. The van der Waals surface area contributed by atoms with Gasteiger partial charge in [0.05, 0.1) is 17.3 Å². The van der Waals surface area contributed by atoms with E-state index in [-0.39, 0.29) is 30.0 Å². The summed E-state index contributed by atoms with van der Waals surface area (Å²) in [7, 11) is 3.95. The second kappa shape index (κ2) is 7.73. The fourth-order valence-corrected chi connectivity index (χ4v) is 2.33. The normalized spacial score (nSPS) is 11.1. The number of H-pyrrole nitrogens is 1. The zero-order valence-corrected chi connectivity index (χ0v) is 13.5. The van der Waals surface area contributed by atoms with Crippen LogP contribution in [0.5, 0.6) is 0 Å². The SMILES string of the molecule is CN(C)CCCNC(=O)CCn1[nH]c(=O)c2ccccc2c1=O. The van der Waals surface area contributed by atoms with E-state index in [2.05, 4.69) is 10.4 Å². The van der Waals surface area contributed by atoms with Gasteiger partial charge in [-0.25, -0.2) is 4.68 Å². The Morgan fingerprint density at radius 1 is 1.22 bits per heavy atom. The van der Waals surface area contributed by atoms with Crippen molar-refractivity contribution in [2.75, 3.05) is 27.2 Å². The number of nitrogens with zero attached hydrogens (tertiary/aromatic N) is 2. The molecule has 2 rings (SSSR count). The molecule has 0 spiro atoms. The van der Waals surface area contributed by atoms with Crippen molar-refractivity contribution in [1.29, 1.82) is 0 Å². The molecule has 1 aromatic carbocycles. The molecular formula is C16H22N4O3. The molecular weight excluding hydrogens is 296 g/mol. The van der Waals surface area contributed by atoms with Crippen molar-refractivity contribution >= 4 is 16.7 Å². The van der Waals surface area contributed by atoms with E-state index in [0.717, 1.165) is 13.0 Å². The number of nitrogens with one attached hydrogen (secondary N) is 2. The Hall–Kier alpha value is -2.41. The summed E-state index contributed by atoms with van der Waals surface area (Å²) in [5.41, 5.74) is -0.618. The molecule has 1 heterocycles. The first-order valence-corrected chi connectivity index (χ1v) is 7.62. The summed E-state index contributed by atoms with van der Waals surface area (Å²) in [5, 5.41) is 6.05. The van der Waals surface area contributed by atoms with E-state index in [1.54, 1.807) is 24.3 Å². The number of carbonyl (C=O) groups excluding carboxylic acids is 1. The van der Waals surface area contributed by atoms with E-state index >= 15 is 0 Å². The number of fused-ring (bicyclic) bond motifs is 1. The van der Waals surface area contributed by atoms with Gasteiger partial charge in [-0.15, -0.1) is 0 Å². The van der Waals surface area contributed by atoms with Gasteiger partial charge in [0.2, 0.25) is 5.91 Å². The smallest absolute Gasteiger partial charge is 0.273 e. The van der Waals surface area contributed by atoms with Crippen LogP contribution in [-0.4, -0.2) is 47.8 Å². The average Bonchev–Trinajstić information content (AvgIpc) is 2.53. The van der Waals surface area contributed by atoms with Crippen LogP contribution in [0.15, 0.2) is 33.9 Å². The zero-order chi connectivity index (χ0) is 16.8. The molecule has 1 amide bonds. The minimum Gasteiger partial charge on any atom is -0.356 e. The summed E-state index contributed by atoms with van der Waals surface area (Å²) in [5.74, 6) is -0.135. The molecule has 1 aromatic heterocycles. The molecule has 0 radical (unpaired) electrons. The predicted molar refractivity (Wildman–Crippen MR) is 89.6 cm³/mol. The van der Waals surface area contributed by atoms with Gasteiger partial charge in [-0.2, -0.15) is 0 Å². The number of aromatic nitrogens is 2. The maximum Gasteiger partial charge on any atom is 0.273 e. The van der Waals surface area contributed by atoms with Gasteiger partial charge in [-0.05, 0) is 39.2 Å². The zero-order valence-electron chi connectivity index (χ0n) is 13.5. The van der Waals surface area contributed by atoms with Crippen LogP contribution >= 0.6 is 0 Å². The van der Waals surface area contributed by atoms with Crippen molar-refractivity contribution in [3.05, 3.63) is 45.0 Å². The van der Waals surface area contributed by atoms with E-state index in [9.17, 15) is 14.4 Å². The number of aromatic amines is 1. The third-order valence-corrected chi connectivity index (χ3v) is 3.55. The number of amides is 1. The number of hydrogen-bond donors (Lipinski definition) is 2. The van der Waals surface area contributed by atoms with Crippen molar-refractivity contribution < 1.29 is 4.79 Å². The lowest BCUT2D eigenvalue weighted by Crippen LogP contribution is -2.33. The topological polar surface area (TPSA) is 87.2 Å². The van der Waals surface area contributed by atoms with Crippen molar-refractivity contribution in [2.45, 2.75) is 19.4 Å². The molecule has 0 saturated heterocycles. The van der Waals surface area contributed by atoms with E-state index in [1.165, 1.54) is 4.68 Å². The highest BCUT2D eigenvalue weighted by Crippen LogP contribution is 2.02. The van der Waals surface area contributed by atoms with Crippen LogP contribution in [0.4, 0.5) is 0 Å². The first kappa shape index (κ1) is 17.0. The Morgan fingerprint density at radius 3 is 2.61 bits per heavy atom. The van der Waals surface area contributed by atoms with E-state index in [1.807, 2.05) is 19.0 Å². The Labute approximate surface area is 133 Å². The number of carbonyl (C=O) groups is 1. The van der Waals surface area contributed by atoms with Crippen LogP contribution in [0, 0.1) is 0 Å². The monoisotopic (exact) mass is 318 g/mol. The molecule has 0 atom stereocenters. The molecule has 124 valence electrons. The highest BCUT2D eigenvalue weighted by atomic mass is 16.2. The van der Waals surface area contributed by atoms with Crippen LogP contribution in [-0.2, 0) is 11.3 Å². The molecule has 2 N–H and O–H groups in total. The molecule has 0 saturated carbocycles. The van der Waals surface area contributed by atoms with Gasteiger partial charge in [0.25, 0.3) is 11.1 Å². The Bertz CT molecular complexity index is 792. The Balaban J connectivity index is 1.97. The highest BCUT2D eigenvalue weighted by Gasteiger charge is 2.08. The van der Waals surface area contributed by atoms with Gasteiger partial charge in [0.15, 0.2) is 0 Å². The summed E-state index contributed by atoms with van der Waals surface area (Å²) < 4.78 is 1.20. The second-order valence-electron chi connectivity index (χ2n) is 5.70. The summed E-state index contributed by atoms with van der Waals surface area (Å²) >= 11 is 0. The van der Waals surface area contributed by atoms with E-state index < -0.39 is 0 Å². The van der Waals surface area contributed by atoms with Crippen LogP contribution in [0.3, 0.4) is 0 Å². The molecule has 0 aliphatic carbocycles. The molecule has 2 aromatic rings. The summed E-state index contributed by atoms with van der Waals surface area (Å²) in [6, 6.07) is 6.65. The molecule has 0 bridgehead atoms. The van der Waals surface area contributed by atoms with Gasteiger partial charge in [-0.3, -0.25) is 19.5 Å². The number of benzene rings is 1. The van der Waals surface area contributed by atoms with Gasteiger partial charge in [0, 0.05) is 13.0 Å². The summed E-state index contributed by atoms with van der Waals surface area (Å²) in [4.78, 5) is 38.1. The van der Waals surface area contributed by atoms with Crippen molar-refractivity contribution in [1.82, 2.24) is 20.0 Å². The van der Waals surface area contributed by atoms with Gasteiger partial charge in [0.1, 0.15) is 0 Å².